The monoisotopic (exact) mass is 265 g/mol. The summed E-state index contributed by atoms with van der Waals surface area (Å²) in [6.07, 6.45) is 0. The molecule has 1 fully saturated rings. The highest BCUT2D eigenvalue weighted by Gasteiger charge is 2.32. The lowest BCUT2D eigenvalue weighted by molar-refractivity contribution is -0.127. The molecule has 2 amide bonds. The molecule has 1 unspecified atom stereocenters. The van der Waals surface area contributed by atoms with Gasteiger partial charge in [0.05, 0.1) is 18.8 Å². The number of carbonyl (C=O) groups is 2. The van der Waals surface area contributed by atoms with E-state index in [0.717, 1.165) is 0 Å². The maximum Gasteiger partial charge on any atom is 0.256 e. The highest BCUT2D eigenvalue weighted by molar-refractivity contribution is 6.01. The van der Waals surface area contributed by atoms with E-state index in [1.54, 1.807) is 0 Å². The number of anilines is 1. The van der Waals surface area contributed by atoms with Crippen LogP contribution in [0.25, 0.3) is 0 Å². The van der Waals surface area contributed by atoms with E-state index in [0.29, 0.717) is 6.61 Å². The SMILES string of the molecule is NC(=O)C1COCCN1C(=O)c1cc(O)ccc1N. The van der Waals surface area contributed by atoms with Crippen molar-refractivity contribution in [1.82, 2.24) is 4.90 Å². The average Bonchev–Trinajstić information content (AvgIpc) is 2.40. The number of carbonyl (C=O) groups excluding carboxylic acids is 2. The van der Waals surface area contributed by atoms with Crippen LogP contribution in [0.3, 0.4) is 0 Å². The zero-order valence-electron chi connectivity index (χ0n) is 10.2. The average molecular weight is 265 g/mol. The third-order valence-electron chi connectivity index (χ3n) is 2.99. The predicted molar refractivity (Wildman–Crippen MR) is 67.4 cm³/mol. The van der Waals surface area contributed by atoms with Gasteiger partial charge in [-0.1, -0.05) is 0 Å². The minimum absolute atomic E-state index is 0.0681. The fraction of sp³-hybridized carbons (Fsp3) is 0.333. The number of phenols is 1. The zero-order valence-corrected chi connectivity index (χ0v) is 10.2. The molecule has 2 rings (SSSR count). The number of nitrogens with zero attached hydrogens (tertiary/aromatic N) is 1. The third-order valence-corrected chi connectivity index (χ3v) is 2.99. The molecule has 19 heavy (non-hydrogen) atoms. The Morgan fingerprint density at radius 2 is 2.16 bits per heavy atom. The lowest BCUT2D eigenvalue weighted by Gasteiger charge is -2.33. The summed E-state index contributed by atoms with van der Waals surface area (Å²) in [5, 5.41) is 9.42. The van der Waals surface area contributed by atoms with E-state index in [2.05, 4.69) is 0 Å². The number of aromatic hydroxyl groups is 1. The molecule has 1 aromatic rings. The van der Waals surface area contributed by atoms with Crippen LogP contribution in [0, 0.1) is 0 Å². The number of morpholine rings is 1. The van der Waals surface area contributed by atoms with E-state index in [9.17, 15) is 14.7 Å². The second-order valence-corrected chi connectivity index (χ2v) is 4.26. The Hall–Kier alpha value is -2.28. The molecule has 0 spiro atoms. The molecule has 1 aromatic carbocycles. The van der Waals surface area contributed by atoms with Crippen molar-refractivity contribution in [2.24, 2.45) is 5.73 Å². The van der Waals surface area contributed by atoms with Crippen molar-refractivity contribution in [2.75, 3.05) is 25.5 Å². The summed E-state index contributed by atoms with van der Waals surface area (Å²) in [5.74, 6) is -1.14. The van der Waals surface area contributed by atoms with Gasteiger partial charge in [-0.2, -0.15) is 0 Å². The first-order chi connectivity index (χ1) is 9.00. The number of ether oxygens (including phenoxy) is 1. The first-order valence-electron chi connectivity index (χ1n) is 5.77. The topological polar surface area (TPSA) is 119 Å². The molecule has 0 radical (unpaired) electrons. The molecule has 5 N–H and O–H groups in total. The molecular formula is C12H15N3O4. The van der Waals surface area contributed by atoms with Gasteiger partial charge in [-0.05, 0) is 18.2 Å². The lowest BCUT2D eigenvalue weighted by Crippen LogP contribution is -2.54. The Balaban J connectivity index is 2.31. The van der Waals surface area contributed by atoms with Crippen LogP contribution < -0.4 is 11.5 Å². The van der Waals surface area contributed by atoms with Crippen molar-refractivity contribution in [2.45, 2.75) is 6.04 Å². The molecule has 1 aliphatic heterocycles. The van der Waals surface area contributed by atoms with Crippen molar-refractivity contribution in [3.05, 3.63) is 23.8 Å². The van der Waals surface area contributed by atoms with Gasteiger partial charge in [0.1, 0.15) is 11.8 Å². The summed E-state index contributed by atoms with van der Waals surface area (Å²) in [6.45, 7) is 0.648. The Morgan fingerprint density at radius 1 is 1.42 bits per heavy atom. The summed E-state index contributed by atoms with van der Waals surface area (Å²) in [5.41, 5.74) is 11.3. The van der Waals surface area contributed by atoms with Gasteiger partial charge in [0.15, 0.2) is 0 Å². The number of primary amides is 1. The summed E-state index contributed by atoms with van der Waals surface area (Å²) in [7, 11) is 0. The second kappa shape index (κ2) is 5.15. The Bertz CT molecular complexity index is 518. The Kier molecular flexibility index (Phi) is 3.57. The van der Waals surface area contributed by atoms with Crippen molar-refractivity contribution >= 4 is 17.5 Å². The number of benzene rings is 1. The molecule has 7 heteroatoms. The third kappa shape index (κ3) is 2.60. The van der Waals surface area contributed by atoms with Gasteiger partial charge in [0, 0.05) is 12.2 Å². The molecule has 0 aromatic heterocycles. The number of amides is 2. The van der Waals surface area contributed by atoms with Crippen LogP contribution in [0.4, 0.5) is 5.69 Å². The van der Waals surface area contributed by atoms with Gasteiger partial charge in [-0.3, -0.25) is 9.59 Å². The van der Waals surface area contributed by atoms with Crippen LogP contribution in [0.5, 0.6) is 5.75 Å². The second-order valence-electron chi connectivity index (χ2n) is 4.26. The summed E-state index contributed by atoms with van der Waals surface area (Å²) < 4.78 is 5.14. The molecule has 102 valence electrons. The summed E-state index contributed by atoms with van der Waals surface area (Å²) in [6, 6.07) is 3.27. The smallest absolute Gasteiger partial charge is 0.256 e. The summed E-state index contributed by atoms with van der Waals surface area (Å²) in [4.78, 5) is 25.0. The molecule has 1 atom stereocenters. The standard InChI is InChI=1S/C12H15N3O4/c13-9-2-1-7(16)5-8(9)12(18)15-3-4-19-6-10(15)11(14)17/h1-2,5,10,16H,3-4,6,13H2,(H2,14,17). The normalized spacial score (nSPS) is 19.2. The van der Waals surface area contributed by atoms with Crippen LogP contribution >= 0.6 is 0 Å². The minimum atomic E-state index is -0.817. The first-order valence-corrected chi connectivity index (χ1v) is 5.77. The van der Waals surface area contributed by atoms with Gasteiger partial charge in [0.25, 0.3) is 5.91 Å². The molecule has 1 heterocycles. The van der Waals surface area contributed by atoms with Gasteiger partial charge in [-0.15, -0.1) is 0 Å². The van der Waals surface area contributed by atoms with Crippen molar-refractivity contribution in [3.63, 3.8) is 0 Å². The predicted octanol–water partition coefficient (Wildman–Crippen LogP) is -0.699. The molecule has 0 aliphatic carbocycles. The van der Waals surface area contributed by atoms with E-state index < -0.39 is 17.9 Å². The highest BCUT2D eigenvalue weighted by atomic mass is 16.5. The summed E-state index contributed by atoms with van der Waals surface area (Å²) >= 11 is 0. The van der Waals surface area contributed by atoms with Crippen LogP contribution in [0.15, 0.2) is 18.2 Å². The molecule has 0 bridgehead atoms. The van der Waals surface area contributed by atoms with E-state index >= 15 is 0 Å². The largest absolute Gasteiger partial charge is 0.508 e. The van der Waals surface area contributed by atoms with E-state index in [1.807, 2.05) is 0 Å². The van der Waals surface area contributed by atoms with Gasteiger partial charge >= 0.3 is 0 Å². The first kappa shape index (κ1) is 13.2. The van der Waals surface area contributed by atoms with Crippen LogP contribution in [-0.2, 0) is 9.53 Å². The number of nitrogen functional groups attached to an aromatic ring is 1. The van der Waals surface area contributed by atoms with Gasteiger partial charge < -0.3 is 26.2 Å². The zero-order chi connectivity index (χ0) is 14.0. The van der Waals surface area contributed by atoms with Gasteiger partial charge in [-0.25, -0.2) is 0 Å². The molecule has 1 saturated heterocycles. The van der Waals surface area contributed by atoms with Crippen LogP contribution in [-0.4, -0.2) is 47.6 Å². The van der Waals surface area contributed by atoms with E-state index in [-0.39, 0.29) is 30.2 Å². The maximum absolute atomic E-state index is 12.4. The number of hydrogen-bond donors (Lipinski definition) is 3. The van der Waals surface area contributed by atoms with Crippen LogP contribution in [0.2, 0.25) is 0 Å². The number of rotatable bonds is 2. The Morgan fingerprint density at radius 3 is 2.84 bits per heavy atom. The fourth-order valence-electron chi connectivity index (χ4n) is 1.97. The quantitative estimate of drug-likeness (QED) is 0.482. The van der Waals surface area contributed by atoms with Crippen LogP contribution in [0.1, 0.15) is 10.4 Å². The fourth-order valence-corrected chi connectivity index (χ4v) is 1.97. The molecule has 0 saturated carbocycles. The van der Waals surface area contributed by atoms with Crippen molar-refractivity contribution < 1.29 is 19.4 Å². The van der Waals surface area contributed by atoms with Crippen molar-refractivity contribution in [3.8, 4) is 5.75 Å². The molecule has 7 nitrogen and oxygen atoms in total. The molecule has 1 aliphatic rings. The van der Waals surface area contributed by atoms with E-state index in [1.165, 1.54) is 23.1 Å². The van der Waals surface area contributed by atoms with E-state index in [4.69, 9.17) is 16.2 Å². The van der Waals surface area contributed by atoms with Gasteiger partial charge in [0.2, 0.25) is 5.91 Å². The lowest BCUT2D eigenvalue weighted by atomic mass is 10.1. The Labute approximate surface area is 109 Å². The maximum atomic E-state index is 12.4. The minimum Gasteiger partial charge on any atom is -0.508 e. The number of nitrogens with two attached hydrogens (primary N) is 2. The van der Waals surface area contributed by atoms with Crippen molar-refractivity contribution in [1.29, 1.82) is 0 Å². The highest BCUT2D eigenvalue weighted by Crippen LogP contribution is 2.22. The number of phenolic OH excluding ortho intramolecular Hbond substituents is 1. The number of hydrogen-bond acceptors (Lipinski definition) is 5. The molecular weight excluding hydrogens is 250 g/mol.